The minimum Gasteiger partial charge on any atom is -0.357 e. The lowest BCUT2D eigenvalue weighted by atomic mass is 10.0. The second kappa shape index (κ2) is 10.2. The van der Waals surface area contributed by atoms with Gasteiger partial charge in [-0.1, -0.05) is 38.5 Å². The summed E-state index contributed by atoms with van der Waals surface area (Å²) in [5, 5.41) is 6.48. The Kier molecular flexibility index (Phi) is 8.32. The molecule has 0 unspecified atom stereocenters. The van der Waals surface area contributed by atoms with Crippen molar-refractivity contribution >= 4 is 16.0 Å². The van der Waals surface area contributed by atoms with Crippen molar-refractivity contribution in [2.75, 3.05) is 38.5 Å². The van der Waals surface area contributed by atoms with Gasteiger partial charge in [-0.05, 0) is 25.7 Å². The van der Waals surface area contributed by atoms with Crippen molar-refractivity contribution in [2.45, 2.75) is 58.3 Å². The molecular weight excluding hydrogens is 324 g/mol. The quantitative estimate of drug-likeness (QED) is 0.375. The van der Waals surface area contributed by atoms with Gasteiger partial charge in [0.15, 0.2) is 5.96 Å². The molecule has 0 aromatic carbocycles. The molecule has 0 atom stereocenters. The van der Waals surface area contributed by atoms with Crippen LogP contribution in [0.25, 0.3) is 0 Å². The van der Waals surface area contributed by atoms with Crippen LogP contribution in [-0.4, -0.2) is 57.2 Å². The fourth-order valence-corrected chi connectivity index (χ4v) is 5.15. The van der Waals surface area contributed by atoms with Crippen LogP contribution in [0, 0.1) is 5.92 Å². The maximum atomic E-state index is 11.8. The summed E-state index contributed by atoms with van der Waals surface area (Å²) < 4.78 is 25.1. The SMILES string of the molecule is CCNC(=NCCCCC1CCCC1)NCCN1CCCS1(=O)=O. The molecule has 1 aliphatic carbocycles. The lowest BCUT2D eigenvalue weighted by Crippen LogP contribution is -2.42. The van der Waals surface area contributed by atoms with E-state index in [0.717, 1.165) is 37.8 Å². The molecule has 24 heavy (non-hydrogen) atoms. The van der Waals surface area contributed by atoms with Gasteiger partial charge in [0.2, 0.25) is 10.0 Å². The van der Waals surface area contributed by atoms with Gasteiger partial charge in [0.1, 0.15) is 0 Å². The smallest absolute Gasteiger partial charge is 0.214 e. The number of unbranched alkanes of at least 4 members (excludes halogenated alkanes) is 1. The predicted molar refractivity (Wildman–Crippen MR) is 99.8 cm³/mol. The summed E-state index contributed by atoms with van der Waals surface area (Å²) in [5.74, 6) is 2.06. The number of aliphatic imine (C=N–C) groups is 1. The van der Waals surface area contributed by atoms with Gasteiger partial charge >= 0.3 is 0 Å². The van der Waals surface area contributed by atoms with Gasteiger partial charge in [-0.25, -0.2) is 12.7 Å². The second-order valence-electron chi connectivity index (χ2n) is 6.90. The molecule has 1 saturated heterocycles. The normalized spacial score (nSPS) is 22.1. The first-order chi connectivity index (χ1) is 11.6. The van der Waals surface area contributed by atoms with Gasteiger partial charge in [-0.15, -0.1) is 0 Å². The Bertz CT molecular complexity index is 487. The first-order valence-electron chi connectivity index (χ1n) is 9.62. The van der Waals surface area contributed by atoms with E-state index in [2.05, 4.69) is 15.6 Å². The first kappa shape index (κ1) is 19.5. The molecule has 0 radical (unpaired) electrons. The molecule has 1 aliphatic heterocycles. The highest BCUT2D eigenvalue weighted by atomic mass is 32.2. The molecule has 0 spiro atoms. The number of nitrogens with zero attached hydrogens (tertiary/aromatic N) is 2. The molecule has 6 nitrogen and oxygen atoms in total. The lowest BCUT2D eigenvalue weighted by molar-refractivity contribution is 0.445. The van der Waals surface area contributed by atoms with E-state index in [1.54, 1.807) is 4.31 Å². The van der Waals surface area contributed by atoms with E-state index in [9.17, 15) is 8.42 Å². The average Bonchev–Trinajstić information content (AvgIpc) is 3.17. The van der Waals surface area contributed by atoms with E-state index < -0.39 is 10.0 Å². The van der Waals surface area contributed by atoms with Crippen LogP contribution in [0.4, 0.5) is 0 Å². The van der Waals surface area contributed by atoms with E-state index in [0.29, 0.717) is 25.4 Å². The number of hydrogen-bond donors (Lipinski definition) is 2. The molecule has 0 amide bonds. The van der Waals surface area contributed by atoms with Crippen molar-refractivity contribution in [3.63, 3.8) is 0 Å². The summed E-state index contributed by atoms with van der Waals surface area (Å²) in [6.07, 6.45) is 10.2. The maximum absolute atomic E-state index is 11.8. The lowest BCUT2D eigenvalue weighted by Gasteiger charge is -2.16. The van der Waals surface area contributed by atoms with E-state index in [1.807, 2.05) is 6.92 Å². The Labute approximate surface area is 147 Å². The Hall–Kier alpha value is -0.820. The zero-order valence-electron chi connectivity index (χ0n) is 15.1. The van der Waals surface area contributed by atoms with Crippen molar-refractivity contribution in [1.82, 2.24) is 14.9 Å². The van der Waals surface area contributed by atoms with Crippen LogP contribution in [0.1, 0.15) is 58.3 Å². The maximum Gasteiger partial charge on any atom is 0.214 e. The van der Waals surface area contributed by atoms with Gasteiger partial charge in [-0.3, -0.25) is 4.99 Å². The van der Waals surface area contributed by atoms with Crippen LogP contribution in [-0.2, 0) is 10.0 Å². The van der Waals surface area contributed by atoms with Crippen LogP contribution in [0.2, 0.25) is 0 Å². The molecule has 1 saturated carbocycles. The van der Waals surface area contributed by atoms with Crippen molar-refractivity contribution in [2.24, 2.45) is 10.9 Å². The zero-order chi connectivity index (χ0) is 17.3. The van der Waals surface area contributed by atoms with Gasteiger partial charge in [0, 0.05) is 32.7 Å². The summed E-state index contributed by atoms with van der Waals surface area (Å²) in [6.45, 7) is 5.47. The molecule has 2 fully saturated rings. The summed E-state index contributed by atoms with van der Waals surface area (Å²) in [5.41, 5.74) is 0. The summed E-state index contributed by atoms with van der Waals surface area (Å²) in [4.78, 5) is 4.60. The highest BCUT2D eigenvalue weighted by Gasteiger charge is 2.27. The largest absolute Gasteiger partial charge is 0.357 e. The van der Waals surface area contributed by atoms with Crippen molar-refractivity contribution in [3.8, 4) is 0 Å². The monoisotopic (exact) mass is 358 g/mol. The molecule has 2 rings (SSSR count). The van der Waals surface area contributed by atoms with Crippen LogP contribution in [0.5, 0.6) is 0 Å². The third-order valence-corrected chi connectivity index (χ3v) is 6.92. The minimum atomic E-state index is -3.00. The molecule has 0 bridgehead atoms. The van der Waals surface area contributed by atoms with E-state index >= 15 is 0 Å². The molecule has 1 heterocycles. The molecule has 7 heteroatoms. The van der Waals surface area contributed by atoms with Gasteiger partial charge in [0.25, 0.3) is 0 Å². The first-order valence-corrected chi connectivity index (χ1v) is 11.2. The molecule has 2 aliphatic rings. The molecule has 140 valence electrons. The fourth-order valence-electron chi connectivity index (χ4n) is 3.62. The topological polar surface area (TPSA) is 73.8 Å². The van der Waals surface area contributed by atoms with Crippen LogP contribution in [0.3, 0.4) is 0 Å². The van der Waals surface area contributed by atoms with Gasteiger partial charge < -0.3 is 10.6 Å². The molecule has 0 aromatic heterocycles. The number of rotatable bonds is 9. The van der Waals surface area contributed by atoms with Crippen LogP contribution >= 0.6 is 0 Å². The average molecular weight is 359 g/mol. The molecule has 0 aromatic rings. The number of guanidine groups is 1. The molecular formula is C17H34N4O2S. The van der Waals surface area contributed by atoms with E-state index in [1.165, 1.54) is 38.5 Å². The highest BCUT2D eigenvalue weighted by Crippen LogP contribution is 2.28. The highest BCUT2D eigenvalue weighted by molar-refractivity contribution is 7.89. The van der Waals surface area contributed by atoms with Crippen molar-refractivity contribution < 1.29 is 8.42 Å². The fraction of sp³-hybridized carbons (Fsp3) is 0.941. The van der Waals surface area contributed by atoms with E-state index in [4.69, 9.17) is 0 Å². The third kappa shape index (κ3) is 6.59. The summed E-state index contributed by atoms with van der Waals surface area (Å²) in [6, 6.07) is 0. The number of sulfonamides is 1. The Balaban J connectivity index is 1.62. The Morgan fingerprint density at radius 1 is 1.17 bits per heavy atom. The standard InChI is InChI=1S/C17H34N4O2S/c1-2-18-17(19-11-6-5-10-16-8-3-4-9-16)20-12-14-21-13-7-15-24(21,22)23/h16H,2-15H2,1H3,(H2,18,19,20). The van der Waals surface area contributed by atoms with Crippen LogP contribution < -0.4 is 10.6 Å². The van der Waals surface area contributed by atoms with Gasteiger partial charge in [-0.2, -0.15) is 0 Å². The predicted octanol–water partition coefficient (Wildman–Crippen LogP) is 1.94. The molecule has 2 N–H and O–H groups in total. The van der Waals surface area contributed by atoms with E-state index in [-0.39, 0.29) is 0 Å². The second-order valence-corrected chi connectivity index (χ2v) is 8.99. The van der Waals surface area contributed by atoms with Crippen molar-refractivity contribution in [1.29, 1.82) is 0 Å². The third-order valence-electron chi connectivity index (χ3n) is 4.97. The van der Waals surface area contributed by atoms with Crippen LogP contribution in [0.15, 0.2) is 4.99 Å². The van der Waals surface area contributed by atoms with Crippen molar-refractivity contribution in [3.05, 3.63) is 0 Å². The minimum absolute atomic E-state index is 0.294. The number of nitrogens with one attached hydrogen (secondary N) is 2. The van der Waals surface area contributed by atoms with Gasteiger partial charge in [0.05, 0.1) is 5.75 Å². The number of hydrogen-bond acceptors (Lipinski definition) is 3. The Morgan fingerprint density at radius 3 is 2.62 bits per heavy atom. The summed E-state index contributed by atoms with van der Waals surface area (Å²) >= 11 is 0. The Morgan fingerprint density at radius 2 is 1.96 bits per heavy atom. The summed E-state index contributed by atoms with van der Waals surface area (Å²) in [7, 11) is -3.00. The zero-order valence-corrected chi connectivity index (χ0v) is 15.9.